The predicted octanol–water partition coefficient (Wildman–Crippen LogP) is 6.18. The third-order valence-corrected chi connectivity index (χ3v) is 5.37. The summed E-state index contributed by atoms with van der Waals surface area (Å²) in [5, 5.41) is 7.78. The molecule has 30 heavy (non-hydrogen) atoms. The number of aromatic nitrogens is 1. The molecule has 0 unspecified atom stereocenters. The van der Waals surface area contributed by atoms with Gasteiger partial charge in [-0.05, 0) is 49.2 Å². The number of aryl methyl sites for hydroxylation is 2. The van der Waals surface area contributed by atoms with E-state index in [1.165, 1.54) is 5.56 Å². The smallest absolute Gasteiger partial charge is 0.252 e. The number of rotatable bonds is 5. The number of amides is 1. The summed E-state index contributed by atoms with van der Waals surface area (Å²) < 4.78 is 0. The summed E-state index contributed by atoms with van der Waals surface area (Å²) in [6.07, 6.45) is 0. The number of nitrogens with one attached hydrogen (secondary N) is 2. The van der Waals surface area contributed by atoms with E-state index in [1.807, 2.05) is 67.6 Å². The fourth-order valence-electron chi connectivity index (χ4n) is 3.43. The molecule has 4 aromatic rings. The van der Waals surface area contributed by atoms with Crippen LogP contribution in [0, 0.1) is 13.8 Å². The van der Waals surface area contributed by atoms with Crippen LogP contribution in [0.1, 0.15) is 27.0 Å². The molecule has 1 amide bonds. The predicted molar refractivity (Wildman–Crippen MR) is 124 cm³/mol. The van der Waals surface area contributed by atoms with Gasteiger partial charge in [0.05, 0.1) is 11.1 Å². The first-order valence-corrected chi connectivity index (χ1v) is 10.1. The van der Waals surface area contributed by atoms with Gasteiger partial charge in [-0.3, -0.25) is 4.79 Å². The molecule has 0 saturated carbocycles. The van der Waals surface area contributed by atoms with Crippen LogP contribution >= 0.6 is 11.6 Å². The first-order valence-electron chi connectivity index (χ1n) is 9.77. The molecule has 5 heteroatoms. The minimum atomic E-state index is -0.169. The van der Waals surface area contributed by atoms with Crippen molar-refractivity contribution >= 4 is 39.9 Å². The van der Waals surface area contributed by atoms with Gasteiger partial charge in [-0.1, -0.05) is 65.7 Å². The van der Waals surface area contributed by atoms with Gasteiger partial charge in [-0.2, -0.15) is 0 Å². The van der Waals surface area contributed by atoms with E-state index in [9.17, 15) is 4.79 Å². The summed E-state index contributed by atoms with van der Waals surface area (Å²) in [4.78, 5) is 17.7. The number of nitrogens with zero attached hydrogens (tertiary/aromatic N) is 1. The largest absolute Gasteiger partial charge is 0.348 e. The second-order valence-electron chi connectivity index (χ2n) is 7.29. The summed E-state index contributed by atoms with van der Waals surface area (Å²) in [6.45, 7) is 4.47. The maximum absolute atomic E-state index is 13.0. The van der Waals surface area contributed by atoms with Crippen molar-refractivity contribution in [3.63, 3.8) is 0 Å². The van der Waals surface area contributed by atoms with Crippen LogP contribution in [0.5, 0.6) is 0 Å². The van der Waals surface area contributed by atoms with Crippen LogP contribution in [0.3, 0.4) is 0 Å². The minimum Gasteiger partial charge on any atom is -0.348 e. The van der Waals surface area contributed by atoms with E-state index >= 15 is 0 Å². The summed E-state index contributed by atoms with van der Waals surface area (Å²) in [6, 6.07) is 23.1. The Morgan fingerprint density at radius 2 is 1.73 bits per heavy atom. The van der Waals surface area contributed by atoms with Crippen molar-refractivity contribution in [1.82, 2.24) is 10.3 Å². The summed E-state index contributed by atoms with van der Waals surface area (Å²) in [7, 11) is 0. The van der Waals surface area contributed by atoms with Gasteiger partial charge in [0, 0.05) is 22.6 Å². The minimum absolute atomic E-state index is 0.169. The number of carbonyl (C=O) groups excluding carboxylic acids is 1. The molecule has 150 valence electrons. The van der Waals surface area contributed by atoms with E-state index in [1.54, 1.807) is 6.07 Å². The highest BCUT2D eigenvalue weighted by molar-refractivity contribution is 6.31. The van der Waals surface area contributed by atoms with Crippen molar-refractivity contribution in [2.45, 2.75) is 20.4 Å². The van der Waals surface area contributed by atoms with Crippen molar-refractivity contribution in [3.8, 4) is 0 Å². The Kier molecular flexibility index (Phi) is 5.68. The molecule has 0 aliphatic heterocycles. The molecule has 0 aliphatic rings. The Hall–Kier alpha value is -3.37. The van der Waals surface area contributed by atoms with Gasteiger partial charge in [-0.15, -0.1) is 0 Å². The maximum Gasteiger partial charge on any atom is 0.252 e. The first kappa shape index (κ1) is 19.9. The lowest BCUT2D eigenvalue weighted by Crippen LogP contribution is -2.23. The number of hydrogen-bond donors (Lipinski definition) is 2. The number of pyridine rings is 1. The molecule has 0 fully saturated rings. The SMILES string of the molecule is Cc1ccc(Nc2cc(C(=O)NCc3ccccc3Cl)c3ccccc3n2)c(C)c1. The van der Waals surface area contributed by atoms with Crippen LogP contribution in [-0.2, 0) is 6.54 Å². The molecule has 0 radical (unpaired) electrons. The molecule has 1 heterocycles. The molecule has 0 spiro atoms. The summed E-state index contributed by atoms with van der Waals surface area (Å²) in [5.74, 6) is 0.459. The average molecular weight is 416 g/mol. The fraction of sp³-hybridized carbons (Fsp3) is 0.120. The van der Waals surface area contributed by atoms with E-state index in [2.05, 4.69) is 23.6 Å². The lowest BCUT2D eigenvalue weighted by molar-refractivity contribution is 0.0952. The normalized spacial score (nSPS) is 10.8. The van der Waals surface area contributed by atoms with Crippen molar-refractivity contribution in [2.75, 3.05) is 5.32 Å². The van der Waals surface area contributed by atoms with Crippen LogP contribution in [0.25, 0.3) is 10.9 Å². The zero-order valence-corrected chi connectivity index (χ0v) is 17.6. The van der Waals surface area contributed by atoms with E-state index in [4.69, 9.17) is 16.6 Å². The molecule has 0 atom stereocenters. The third kappa shape index (κ3) is 4.29. The molecule has 3 aromatic carbocycles. The topological polar surface area (TPSA) is 54.0 Å². The van der Waals surface area contributed by atoms with Crippen molar-refractivity contribution < 1.29 is 4.79 Å². The molecule has 4 nitrogen and oxygen atoms in total. The molecule has 1 aromatic heterocycles. The number of benzene rings is 3. The first-order chi connectivity index (χ1) is 14.5. The monoisotopic (exact) mass is 415 g/mol. The van der Waals surface area contributed by atoms with Crippen LogP contribution < -0.4 is 10.6 Å². The number of fused-ring (bicyclic) bond motifs is 1. The van der Waals surface area contributed by atoms with E-state index < -0.39 is 0 Å². The standard InChI is InChI=1S/C25H22ClN3O/c1-16-11-12-22(17(2)13-16)28-24-14-20(19-8-4-6-10-23(19)29-24)25(30)27-15-18-7-3-5-9-21(18)26/h3-14H,15H2,1-2H3,(H,27,30)(H,28,29). The third-order valence-electron chi connectivity index (χ3n) is 5.00. The Morgan fingerprint density at radius 1 is 0.967 bits per heavy atom. The van der Waals surface area contributed by atoms with Crippen LogP contribution in [0.15, 0.2) is 72.8 Å². The fourth-order valence-corrected chi connectivity index (χ4v) is 3.63. The van der Waals surface area contributed by atoms with Crippen LogP contribution in [-0.4, -0.2) is 10.9 Å². The molecular weight excluding hydrogens is 394 g/mol. The molecular formula is C25H22ClN3O. The molecule has 0 saturated heterocycles. The Balaban J connectivity index is 1.66. The van der Waals surface area contributed by atoms with Crippen molar-refractivity contribution in [3.05, 3.63) is 100 Å². The highest BCUT2D eigenvalue weighted by Gasteiger charge is 2.14. The second kappa shape index (κ2) is 8.56. The summed E-state index contributed by atoms with van der Waals surface area (Å²) >= 11 is 6.22. The highest BCUT2D eigenvalue weighted by atomic mass is 35.5. The van der Waals surface area contributed by atoms with E-state index in [0.29, 0.717) is 22.9 Å². The molecule has 0 aliphatic carbocycles. The Bertz CT molecular complexity index is 1240. The number of halogens is 1. The lowest BCUT2D eigenvalue weighted by atomic mass is 10.1. The highest BCUT2D eigenvalue weighted by Crippen LogP contribution is 2.25. The van der Waals surface area contributed by atoms with E-state index in [0.717, 1.165) is 27.7 Å². The van der Waals surface area contributed by atoms with Gasteiger partial charge in [0.25, 0.3) is 5.91 Å². The number of carbonyl (C=O) groups is 1. The quantitative estimate of drug-likeness (QED) is 0.409. The van der Waals surface area contributed by atoms with Crippen LogP contribution in [0.4, 0.5) is 11.5 Å². The van der Waals surface area contributed by atoms with Gasteiger partial charge < -0.3 is 10.6 Å². The van der Waals surface area contributed by atoms with Crippen molar-refractivity contribution in [2.24, 2.45) is 0 Å². The lowest BCUT2D eigenvalue weighted by Gasteiger charge is -2.13. The van der Waals surface area contributed by atoms with Gasteiger partial charge in [0.1, 0.15) is 5.82 Å². The van der Waals surface area contributed by atoms with Crippen molar-refractivity contribution in [1.29, 1.82) is 0 Å². The number of hydrogen-bond acceptors (Lipinski definition) is 3. The molecule has 4 rings (SSSR count). The second-order valence-corrected chi connectivity index (χ2v) is 7.70. The summed E-state index contributed by atoms with van der Waals surface area (Å²) in [5.41, 5.74) is 5.49. The maximum atomic E-state index is 13.0. The molecule has 2 N–H and O–H groups in total. The molecule has 0 bridgehead atoms. The Labute approximate surface area is 180 Å². The van der Waals surface area contributed by atoms with Gasteiger partial charge in [0.2, 0.25) is 0 Å². The number of anilines is 2. The van der Waals surface area contributed by atoms with Gasteiger partial charge in [-0.25, -0.2) is 4.98 Å². The van der Waals surface area contributed by atoms with Gasteiger partial charge in [0.15, 0.2) is 0 Å². The number of para-hydroxylation sites is 1. The Morgan fingerprint density at radius 3 is 2.53 bits per heavy atom. The zero-order valence-electron chi connectivity index (χ0n) is 16.9. The van der Waals surface area contributed by atoms with E-state index in [-0.39, 0.29) is 5.91 Å². The average Bonchev–Trinajstić information content (AvgIpc) is 2.74. The van der Waals surface area contributed by atoms with Crippen LogP contribution in [0.2, 0.25) is 5.02 Å². The van der Waals surface area contributed by atoms with Gasteiger partial charge >= 0.3 is 0 Å². The zero-order chi connectivity index (χ0) is 21.1.